The summed E-state index contributed by atoms with van der Waals surface area (Å²) in [5.41, 5.74) is 0. The first-order valence-electron chi connectivity index (χ1n) is 7.12. The first kappa shape index (κ1) is 15.3. The van der Waals surface area contributed by atoms with Gasteiger partial charge in [0.05, 0.1) is 12.8 Å². The van der Waals surface area contributed by atoms with Crippen LogP contribution in [0, 0.1) is 5.92 Å². The first-order valence-corrected chi connectivity index (χ1v) is 7.94. The summed E-state index contributed by atoms with van der Waals surface area (Å²) < 4.78 is 5.37. The van der Waals surface area contributed by atoms with Crippen molar-refractivity contribution >= 4 is 11.3 Å². The van der Waals surface area contributed by atoms with Crippen LogP contribution in [0.4, 0.5) is 0 Å². The van der Waals surface area contributed by atoms with Gasteiger partial charge in [0.2, 0.25) is 0 Å². The number of thiophene rings is 1. The molecule has 2 aromatic rings. The lowest BCUT2D eigenvalue weighted by molar-refractivity contribution is 0.290. The van der Waals surface area contributed by atoms with Crippen LogP contribution in [-0.4, -0.2) is 18.5 Å². The summed E-state index contributed by atoms with van der Waals surface area (Å²) in [6.07, 6.45) is 1.73. The highest BCUT2D eigenvalue weighted by atomic mass is 32.1. The van der Waals surface area contributed by atoms with E-state index in [-0.39, 0.29) is 0 Å². The quantitative estimate of drug-likeness (QED) is 0.804. The molecular weight excluding hydrogens is 268 g/mol. The van der Waals surface area contributed by atoms with E-state index in [0.717, 1.165) is 31.9 Å². The SMILES string of the molecule is CC(C)CNCc1ccc(CN(C)Cc2ccco2)s1. The zero-order chi connectivity index (χ0) is 14.4. The van der Waals surface area contributed by atoms with E-state index in [1.165, 1.54) is 9.75 Å². The standard InChI is InChI=1S/C16H24N2OS/c1-13(2)9-17-10-15-6-7-16(20-15)12-18(3)11-14-5-4-8-19-14/h4-8,13,17H,9-12H2,1-3H3. The summed E-state index contributed by atoms with van der Waals surface area (Å²) in [4.78, 5) is 5.09. The highest BCUT2D eigenvalue weighted by molar-refractivity contribution is 7.11. The van der Waals surface area contributed by atoms with Crippen LogP contribution in [0.15, 0.2) is 34.9 Å². The Morgan fingerprint density at radius 2 is 2.00 bits per heavy atom. The van der Waals surface area contributed by atoms with Gasteiger partial charge in [0.1, 0.15) is 5.76 Å². The second-order valence-corrected chi connectivity index (χ2v) is 6.90. The fourth-order valence-corrected chi connectivity index (χ4v) is 3.14. The van der Waals surface area contributed by atoms with E-state index >= 15 is 0 Å². The topological polar surface area (TPSA) is 28.4 Å². The maximum absolute atomic E-state index is 5.37. The van der Waals surface area contributed by atoms with E-state index < -0.39 is 0 Å². The molecule has 0 spiro atoms. The van der Waals surface area contributed by atoms with E-state index in [9.17, 15) is 0 Å². The average molecular weight is 292 g/mol. The Bertz CT molecular complexity index is 490. The minimum Gasteiger partial charge on any atom is -0.468 e. The van der Waals surface area contributed by atoms with Crippen molar-refractivity contribution in [2.75, 3.05) is 13.6 Å². The molecule has 20 heavy (non-hydrogen) atoms. The van der Waals surface area contributed by atoms with Gasteiger partial charge in [0.15, 0.2) is 0 Å². The van der Waals surface area contributed by atoms with E-state index in [2.05, 4.69) is 43.2 Å². The summed E-state index contributed by atoms with van der Waals surface area (Å²) in [6, 6.07) is 8.42. The van der Waals surface area contributed by atoms with Crippen molar-refractivity contribution in [3.8, 4) is 0 Å². The van der Waals surface area contributed by atoms with Crippen LogP contribution in [0.2, 0.25) is 0 Å². The van der Waals surface area contributed by atoms with Gasteiger partial charge in [-0.25, -0.2) is 0 Å². The molecule has 0 aliphatic rings. The van der Waals surface area contributed by atoms with E-state index in [0.29, 0.717) is 5.92 Å². The fraction of sp³-hybridized carbons (Fsp3) is 0.500. The fourth-order valence-electron chi connectivity index (χ4n) is 2.08. The maximum Gasteiger partial charge on any atom is 0.117 e. The van der Waals surface area contributed by atoms with Crippen molar-refractivity contribution in [2.24, 2.45) is 5.92 Å². The third-order valence-electron chi connectivity index (χ3n) is 3.00. The number of nitrogens with one attached hydrogen (secondary N) is 1. The van der Waals surface area contributed by atoms with Crippen molar-refractivity contribution in [1.82, 2.24) is 10.2 Å². The molecule has 3 nitrogen and oxygen atoms in total. The molecule has 0 amide bonds. The van der Waals surface area contributed by atoms with Crippen molar-refractivity contribution < 1.29 is 4.42 Å². The number of hydrogen-bond acceptors (Lipinski definition) is 4. The minimum absolute atomic E-state index is 0.703. The monoisotopic (exact) mass is 292 g/mol. The van der Waals surface area contributed by atoms with Gasteiger partial charge >= 0.3 is 0 Å². The number of furan rings is 1. The molecule has 0 atom stereocenters. The molecule has 0 saturated carbocycles. The third-order valence-corrected chi connectivity index (χ3v) is 4.07. The van der Waals surface area contributed by atoms with Crippen LogP contribution < -0.4 is 5.32 Å². The molecule has 2 heterocycles. The molecule has 0 aromatic carbocycles. The predicted molar refractivity (Wildman–Crippen MR) is 84.7 cm³/mol. The van der Waals surface area contributed by atoms with Gasteiger partial charge in [0, 0.05) is 22.8 Å². The maximum atomic E-state index is 5.37. The molecule has 4 heteroatoms. The Morgan fingerprint density at radius 3 is 2.70 bits per heavy atom. The van der Waals surface area contributed by atoms with E-state index in [1.807, 2.05) is 23.5 Å². The molecule has 0 bridgehead atoms. The van der Waals surface area contributed by atoms with Gasteiger partial charge in [-0.2, -0.15) is 0 Å². The molecule has 0 unspecified atom stereocenters. The highest BCUT2D eigenvalue weighted by Crippen LogP contribution is 2.18. The second-order valence-electron chi connectivity index (χ2n) is 5.64. The van der Waals surface area contributed by atoms with Gasteiger partial charge in [-0.1, -0.05) is 13.8 Å². The van der Waals surface area contributed by atoms with E-state index in [4.69, 9.17) is 4.42 Å². The molecule has 0 fully saturated rings. The van der Waals surface area contributed by atoms with Gasteiger partial charge in [-0.15, -0.1) is 11.3 Å². The summed E-state index contributed by atoms with van der Waals surface area (Å²) in [5.74, 6) is 1.72. The summed E-state index contributed by atoms with van der Waals surface area (Å²) in [6.45, 7) is 8.34. The summed E-state index contributed by atoms with van der Waals surface area (Å²) in [5, 5.41) is 3.49. The lowest BCUT2D eigenvalue weighted by atomic mass is 10.2. The normalized spacial score (nSPS) is 11.7. The van der Waals surface area contributed by atoms with Crippen LogP contribution in [0.3, 0.4) is 0 Å². The molecular formula is C16H24N2OS. The molecule has 0 saturated heterocycles. The average Bonchev–Trinajstić information content (AvgIpc) is 3.01. The van der Waals surface area contributed by atoms with Crippen LogP contribution in [0.1, 0.15) is 29.4 Å². The zero-order valence-corrected chi connectivity index (χ0v) is 13.4. The van der Waals surface area contributed by atoms with Crippen LogP contribution in [0.25, 0.3) is 0 Å². The summed E-state index contributed by atoms with van der Waals surface area (Å²) in [7, 11) is 2.12. The summed E-state index contributed by atoms with van der Waals surface area (Å²) >= 11 is 1.89. The van der Waals surface area contributed by atoms with Gasteiger partial charge in [-0.05, 0) is 43.8 Å². The lowest BCUT2D eigenvalue weighted by Gasteiger charge is -2.13. The van der Waals surface area contributed by atoms with Crippen molar-refractivity contribution in [1.29, 1.82) is 0 Å². The molecule has 2 aromatic heterocycles. The lowest BCUT2D eigenvalue weighted by Crippen LogP contribution is -2.18. The van der Waals surface area contributed by atoms with Gasteiger partial charge in [-0.3, -0.25) is 4.90 Å². The highest BCUT2D eigenvalue weighted by Gasteiger charge is 2.06. The van der Waals surface area contributed by atoms with Crippen molar-refractivity contribution in [2.45, 2.75) is 33.5 Å². The largest absolute Gasteiger partial charge is 0.468 e. The zero-order valence-electron chi connectivity index (χ0n) is 12.6. The van der Waals surface area contributed by atoms with Gasteiger partial charge < -0.3 is 9.73 Å². The number of rotatable bonds is 8. The predicted octanol–water partition coefficient (Wildman–Crippen LogP) is 3.72. The molecule has 0 aliphatic heterocycles. The smallest absolute Gasteiger partial charge is 0.117 e. The number of hydrogen-bond donors (Lipinski definition) is 1. The third kappa shape index (κ3) is 5.12. The first-order chi connectivity index (χ1) is 9.63. The van der Waals surface area contributed by atoms with Crippen LogP contribution in [0.5, 0.6) is 0 Å². The van der Waals surface area contributed by atoms with Crippen molar-refractivity contribution in [3.05, 3.63) is 46.0 Å². The molecule has 1 N–H and O–H groups in total. The number of nitrogens with zero attached hydrogens (tertiary/aromatic N) is 1. The van der Waals surface area contributed by atoms with E-state index in [1.54, 1.807) is 6.26 Å². The Hall–Kier alpha value is -1.10. The second kappa shape index (κ2) is 7.62. The Kier molecular flexibility index (Phi) is 5.83. The Balaban J connectivity index is 1.77. The Morgan fingerprint density at radius 1 is 1.20 bits per heavy atom. The van der Waals surface area contributed by atoms with Gasteiger partial charge in [0.25, 0.3) is 0 Å². The van der Waals surface area contributed by atoms with Crippen LogP contribution >= 0.6 is 11.3 Å². The van der Waals surface area contributed by atoms with Crippen LogP contribution in [-0.2, 0) is 19.6 Å². The minimum atomic E-state index is 0.703. The molecule has 2 rings (SSSR count). The molecule has 0 radical (unpaired) electrons. The Labute approximate surface area is 125 Å². The molecule has 0 aliphatic carbocycles. The molecule has 110 valence electrons. The van der Waals surface area contributed by atoms with Crippen molar-refractivity contribution in [3.63, 3.8) is 0 Å².